The number of nitrogens with zero attached hydrogens (tertiary/aromatic N) is 3. The van der Waals surface area contributed by atoms with Gasteiger partial charge in [0.15, 0.2) is 6.61 Å². The monoisotopic (exact) mass is 361 g/mol. The number of para-hydroxylation sites is 2. The summed E-state index contributed by atoms with van der Waals surface area (Å²) >= 11 is 0. The molecule has 138 valence electrons. The van der Waals surface area contributed by atoms with E-state index in [-0.39, 0.29) is 18.6 Å². The Hall–Kier alpha value is -3.34. The second-order valence-corrected chi connectivity index (χ2v) is 6.39. The third-order valence-electron chi connectivity index (χ3n) is 4.18. The molecular formula is C22H23N3O2. The molecule has 2 aromatic carbocycles. The molecule has 1 aromatic heterocycles. The standard InChI is InChI=1S/C22H23N3O2/c1-17(2)25(19-9-5-4-6-10-19)22(26)15-27-21-12-8-7-11-20(21)18(3)24-14-13-23-16-24/h4-14,16-17H,3,15H2,1-2H3. The SMILES string of the molecule is C=C(c1ccccc1OCC(=O)N(c1ccccc1)C(C)C)n1ccnc1. The molecule has 0 aliphatic heterocycles. The lowest BCUT2D eigenvalue weighted by Crippen LogP contribution is -2.40. The van der Waals surface area contributed by atoms with E-state index in [9.17, 15) is 4.79 Å². The summed E-state index contributed by atoms with van der Waals surface area (Å²) in [5.41, 5.74) is 2.41. The summed E-state index contributed by atoms with van der Waals surface area (Å²) in [6, 6.07) is 17.2. The average molecular weight is 361 g/mol. The fourth-order valence-electron chi connectivity index (χ4n) is 2.92. The highest BCUT2D eigenvalue weighted by Crippen LogP contribution is 2.26. The van der Waals surface area contributed by atoms with Crippen LogP contribution >= 0.6 is 0 Å². The number of rotatable bonds is 7. The summed E-state index contributed by atoms with van der Waals surface area (Å²) in [5, 5.41) is 0. The summed E-state index contributed by atoms with van der Waals surface area (Å²) < 4.78 is 7.70. The molecule has 0 aliphatic carbocycles. The fourth-order valence-corrected chi connectivity index (χ4v) is 2.92. The second-order valence-electron chi connectivity index (χ2n) is 6.39. The van der Waals surface area contributed by atoms with Gasteiger partial charge in [-0.3, -0.25) is 4.79 Å². The van der Waals surface area contributed by atoms with Crippen molar-refractivity contribution >= 4 is 17.3 Å². The number of hydrogen-bond donors (Lipinski definition) is 0. The molecule has 3 rings (SSSR count). The van der Waals surface area contributed by atoms with Gasteiger partial charge < -0.3 is 14.2 Å². The molecule has 3 aromatic rings. The van der Waals surface area contributed by atoms with Gasteiger partial charge in [-0.2, -0.15) is 0 Å². The third kappa shape index (κ3) is 4.26. The lowest BCUT2D eigenvalue weighted by molar-refractivity contribution is -0.120. The predicted octanol–water partition coefficient (Wildman–Crippen LogP) is 4.22. The maximum atomic E-state index is 12.8. The number of carbonyl (C=O) groups is 1. The zero-order chi connectivity index (χ0) is 19.2. The zero-order valence-corrected chi connectivity index (χ0v) is 15.6. The first-order chi connectivity index (χ1) is 13.1. The lowest BCUT2D eigenvalue weighted by Gasteiger charge is -2.27. The van der Waals surface area contributed by atoms with E-state index in [0.29, 0.717) is 5.75 Å². The highest BCUT2D eigenvalue weighted by molar-refractivity contribution is 5.95. The van der Waals surface area contributed by atoms with Gasteiger partial charge in [0.1, 0.15) is 5.75 Å². The summed E-state index contributed by atoms with van der Waals surface area (Å²) in [4.78, 5) is 18.6. The Kier molecular flexibility index (Phi) is 5.71. The molecule has 1 amide bonds. The van der Waals surface area contributed by atoms with E-state index in [4.69, 9.17) is 4.74 Å². The predicted molar refractivity (Wildman–Crippen MR) is 108 cm³/mol. The summed E-state index contributed by atoms with van der Waals surface area (Å²) in [5.74, 6) is 0.514. The van der Waals surface area contributed by atoms with Gasteiger partial charge in [0.2, 0.25) is 0 Å². The Morgan fingerprint density at radius 3 is 2.52 bits per heavy atom. The Morgan fingerprint density at radius 2 is 1.85 bits per heavy atom. The van der Waals surface area contributed by atoms with E-state index in [1.165, 1.54) is 0 Å². The normalized spacial score (nSPS) is 10.6. The topological polar surface area (TPSA) is 47.4 Å². The minimum atomic E-state index is -0.0979. The van der Waals surface area contributed by atoms with Crippen molar-refractivity contribution in [3.05, 3.63) is 85.5 Å². The first-order valence-electron chi connectivity index (χ1n) is 8.84. The van der Waals surface area contributed by atoms with Crippen LogP contribution in [0.3, 0.4) is 0 Å². The summed E-state index contributed by atoms with van der Waals surface area (Å²) in [6.07, 6.45) is 5.19. The molecular weight excluding hydrogens is 338 g/mol. The number of amides is 1. The number of aromatic nitrogens is 2. The maximum absolute atomic E-state index is 12.8. The van der Waals surface area contributed by atoms with Gasteiger partial charge >= 0.3 is 0 Å². The molecule has 0 fully saturated rings. The molecule has 0 N–H and O–H groups in total. The van der Waals surface area contributed by atoms with Crippen molar-refractivity contribution in [2.75, 3.05) is 11.5 Å². The molecule has 0 saturated heterocycles. The van der Waals surface area contributed by atoms with Crippen LogP contribution in [0.15, 0.2) is 79.9 Å². The molecule has 1 heterocycles. The average Bonchev–Trinajstić information content (AvgIpc) is 3.21. The van der Waals surface area contributed by atoms with Crippen molar-refractivity contribution in [1.29, 1.82) is 0 Å². The molecule has 5 heteroatoms. The van der Waals surface area contributed by atoms with E-state index < -0.39 is 0 Å². The number of benzene rings is 2. The van der Waals surface area contributed by atoms with Gasteiger partial charge in [-0.25, -0.2) is 4.98 Å². The summed E-state index contributed by atoms with van der Waals surface area (Å²) in [7, 11) is 0. The zero-order valence-electron chi connectivity index (χ0n) is 15.6. The number of imidazole rings is 1. The van der Waals surface area contributed by atoms with Gasteiger partial charge in [-0.05, 0) is 38.1 Å². The van der Waals surface area contributed by atoms with Crippen molar-refractivity contribution < 1.29 is 9.53 Å². The minimum Gasteiger partial charge on any atom is -0.483 e. The largest absolute Gasteiger partial charge is 0.483 e. The van der Waals surface area contributed by atoms with Crippen molar-refractivity contribution in [2.45, 2.75) is 19.9 Å². The van der Waals surface area contributed by atoms with Crippen LogP contribution in [0, 0.1) is 0 Å². The van der Waals surface area contributed by atoms with Crippen LogP contribution in [0.5, 0.6) is 5.75 Å². The second kappa shape index (κ2) is 8.36. The highest BCUT2D eigenvalue weighted by Gasteiger charge is 2.20. The lowest BCUT2D eigenvalue weighted by atomic mass is 10.1. The fraction of sp³-hybridized carbons (Fsp3) is 0.182. The van der Waals surface area contributed by atoms with Crippen LogP contribution < -0.4 is 9.64 Å². The van der Waals surface area contributed by atoms with E-state index in [1.807, 2.05) is 79.2 Å². The molecule has 0 bridgehead atoms. The molecule has 0 spiro atoms. The Balaban J connectivity index is 1.76. The first kappa shape index (κ1) is 18.5. The molecule has 0 radical (unpaired) electrons. The molecule has 5 nitrogen and oxygen atoms in total. The number of ether oxygens (including phenoxy) is 1. The first-order valence-corrected chi connectivity index (χ1v) is 8.84. The molecule has 27 heavy (non-hydrogen) atoms. The van der Waals surface area contributed by atoms with Crippen LogP contribution in [0.25, 0.3) is 5.70 Å². The van der Waals surface area contributed by atoms with Gasteiger partial charge in [0.25, 0.3) is 5.91 Å². The van der Waals surface area contributed by atoms with Gasteiger partial charge in [0, 0.05) is 29.7 Å². The van der Waals surface area contributed by atoms with Crippen LogP contribution in [0.4, 0.5) is 5.69 Å². The number of hydrogen-bond acceptors (Lipinski definition) is 3. The number of anilines is 1. The Labute approximate surface area is 159 Å². The third-order valence-corrected chi connectivity index (χ3v) is 4.18. The Morgan fingerprint density at radius 1 is 1.15 bits per heavy atom. The van der Waals surface area contributed by atoms with Crippen molar-refractivity contribution in [3.63, 3.8) is 0 Å². The molecule has 0 atom stereocenters. The quantitative estimate of drug-likeness (QED) is 0.633. The van der Waals surface area contributed by atoms with Crippen molar-refractivity contribution in [2.24, 2.45) is 0 Å². The molecule has 0 aliphatic rings. The van der Waals surface area contributed by atoms with Crippen LogP contribution in [0.2, 0.25) is 0 Å². The maximum Gasteiger partial charge on any atom is 0.265 e. The Bertz CT molecular complexity index is 902. The highest BCUT2D eigenvalue weighted by atomic mass is 16.5. The van der Waals surface area contributed by atoms with Crippen LogP contribution in [-0.2, 0) is 4.79 Å². The van der Waals surface area contributed by atoms with E-state index in [1.54, 1.807) is 17.4 Å². The van der Waals surface area contributed by atoms with Gasteiger partial charge in [0.05, 0.1) is 12.0 Å². The van der Waals surface area contributed by atoms with E-state index in [0.717, 1.165) is 16.9 Å². The smallest absolute Gasteiger partial charge is 0.265 e. The molecule has 0 saturated carbocycles. The minimum absolute atomic E-state index is 0.0275. The molecule has 0 unspecified atom stereocenters. The van der Waals surface area contributed by atoms with Crippen LogP contribution in [0.1, 0.15) is 19.4 Å². The number of carbonyl (C=O) groups excluding carboxylic acids is 1. The van der Waals surface area contributed by atoms with E-state index in [2.05, 4.69) is 11.6 Å². The van der Waals surface area contributed by atoms with Crippen LogP contribution in [-0.4, -0.2) is 28.1 Å². The van der Waals surface area contributed by atoms with E-state index >= 15 is 0 Å². The summed E-state index contributed by atoms with van der Waals surface area (Å²) in [6.45, 7) is 8.03. The van der Waals surface area contributed by atoms with Gasteiger partial charge in [-0.15, -0.1) is 0 Å². The van der Waals surface area contributed by atoms with Crippen molar-refractivity contribution in [3.8, 4) is 5.75 Å². The van der Waals surface area contributed by atoms with Crippen molar-refractivity contribution in [1.82, 2.24) is 9.55 Å². The van der Waals surface area contributed by atoms with Gasteiger partial charge in [-0.1, -0.05) is 36.9 Å².